The zero-order valence-electron chi connectivity index (χ0n) is 11.2. The Labute approximate surface area is 107 Å². The van der Waals surface area contributed by atoms with E-state index in [4.69, 9.17) is 5.73 Å². The highest BCUT2D eigenvalue weighted by atomic mass is 32.2. The molecule has 0 heterocycles. The van der Waals surface area contributed by atoms with Crippen molar-refractivity contribution in [2.45, 2.75) is 39.5 Å². The van der Waals surface area contributed by atoms with Gasteiger partial charge in [-0.2, -0.15) is 0 Å². The third kappa shape index (κ3) is 5.00. The van der Waals surface area contributed by atoms with Crippen LogP contribution in [0.4, 0.5) is 0 Å². The maximum atomic E-state index is 12.0. The molecule has 0 saturated heterocycles. The van der Waals surface area contributed by atoms with E-state index in [-0.39, 0.29) is 6.04 Å². The van der Waals surface area contributed by atoms with E-state index in [0.717, 1.165) is 5.56 Å². The molecule has 0 radical (unpaired) electrons. The zero-order valence-corrected chi connectivity index (χ0v) is 12.0. The minimum atomic E-state index is -0.863. The van der Waals surface area contributed by atoms with Gasteiger partial charge < -0.3 is 5.73 Å². The molecule has 96 valence electrons. The number of hydrogen-bond donors (Lipinski definition) is 1. The van der Waals surface area contributed by atoms with Crippen LogP contribution in [0.1, 0.15) is 30.5 Å². The van der Waals surface area contributed by atoms with Crippen molar-refractivity contribution in [1.29, 1.82) is 0 Å². The van der Waals surface area contributed by atoms with Crippen LogP contribution >= 0.6 is 0 Å². The lowest BCUT2D eigenvalue weighted by molar-refractivity contribution is 0.530. The van der Waals surface area contributed by atoms with Crippen molar-refractivity contribution in [2.24, 2.45) is 11.7 Å². The molecule has 0 aliphatic rings. The second kappa shape index (κ2) is 6.31. The predicted octanol–water partition coefficient (Wildman–Crippen LogP) is 2.54. The first-order valence-electron chi connectivity index (χ1n) is 6.06. The fourth-order valence-corrected chi connectivity index (χ4v) is 3.27. The van der Waals surface area contributed by atoms with Gasteiger partial charge in [-0.1, -0.05) is 43.2 Å². The summed E-state index contributed by atoms with van der Waals surface area (Å²) in [7, 11) is -0.863. The van der Waals surface area contributed by atoms with Gasteiger partial charge in [0.1, 0.15) is 0 Å². The van der Waals surface area contributed by atoms with Gasteiger partial charge >= 0.3 is 0 Å². The van der Waals surface area contributed by atoms with Gasteiger partial charge in [0.05, 0.1) is 0 Å². The van der Waals surface area contributed by atoms with E-state index in [0.29, 0.717) is 17.4 Å². The first-order chi connectivity index (χ1) is 7.88. The average molecular weight is 253 g/mol. The highest BCUT2D eigenvalue weighted by molar-refractivity contribution is 7.84. The Balaban J connectivity index is 2.62. The van der Waals surface area contributed by atoms with E-state index >= 15 is 0 Å². The van der Waals surface area contributed by atoms with Crippen LogP contribution in [0, 0.1) is 19.8 Å². The molecule has 2 unspecified atom stereocenters. The van der Waals surface area contributed by atoms with Gasteiger partial charge in [-0.05, 0) is 25.3 Å². The highest BCUT2D eigenvalue weighted by Gasteiger charge is 2.12. The highest BCUT2D eigenvalue weighted by Crippen LogP contribution is 2.12. The van der Waals surface area contributed by atoms with Crippen molar-refractivity contribution < 1.29 is 4.21 Å². The van der Waals surface area contributed by atoms with Crippen LogP contribution in [0.5, 0.6) is 0 Å². The molecule has 0 aromatic heterocycles. The Kier molecular flexibility index (Phi) is 5.34. The SMILES string of the molecule is Cc1cc(C)cc(CS(=O)CC(N)C(C)C)c1. The third-order valence-electron chi connectivity index (χ3n) is 2.84. The second-order valence-electron chi connectivity index (χ2n) is 5.15. The molecule has 3 heteroatoms. The van der Waals surface area contributed by atoms with Gasteiger partial charge in [0.15, 0.2) is 0 Å². The molecular weight excluding hydrogens is 230 g/mol. The van der Waals surface area contributed by atoms with E-state index in [1.54, 1.807) is 0 Å². The summed E-state index contributed by atoms with van der Waals surface area (Å²) in [5, 5.41) is 0. The predicted molar refractivity (Wildman–Crippen MR) is 75.4 cm³/mol. The fraction of sp³-hybridized carbons (Fsp3) is 0.571. The number of rotatable bonds is 5. The van der Waals surface area contributed by atoms with Crippen molar-refractivity contribution in [3.05, 3.63) is 34.9 Å². The Morgan fingerprint density at radius 1 is 1.18 bits per heavy atom. The maximum absolute atomic E-state index is 12.0. The van der Waals surface area contributed by atoms with Crippen LogP contribution in [-0.4, -0.2) is 16.0 Å². The van der Waals surface area contributed by atoms with Crippen LogP contribution in [0.15, 0.2) is 18.2 Å². The van der Waals surface area contributed by atoms with Crippen LogP contribution in [0.2, 0.25) is 0 Å². The zero-order chi connectivity index (χ0) is 13.0. The van der Waals surface area contributed by atoms with Crippen molar-refractivity contribution in [1.82, 2.24) is 0 Å². The summed E-state index contributed by atoms with van der Waals surface area (Å²) >= 11 is 0. The minimum Gasteiger partial charge on any atom is -0.327 e. The molecule has 0 fully saturated rings. The van der Waals surface area contributed by atoms with E-state index in [1.165, 1.54) is 11.1 Å². The third-order valence-corrected chi connectivity index (χ3v) is 4.26. The van der Waals surface area contributed by atoms with Gasteiger partial charge in [-0.25, -0.2) is 0 Å². The van der Waals surface area contributed by atoms with Crippen LogP contribution in [0.25, 0.3) is 0 Å². The quantitative estimate of drug-likeness (QED) is 0.876. The molecule has 0 spiro atoms. The van der Waals surface area contributed by atoms with Gasteiger partial charge in [0.25, 0.3) is 0 Å². The first kappa shape index (κ1) is 14.4. The Bertz CT molecular complexity index is 381. The van der Waals surface area contributed by atoms with Crippen LogP contribution in [-0.2, 0) is 16.6 Å². The molecule has 1 aromatic carbocycles. The summed E-state index contributed by atoms with van der Waals surface area (Å²) in [6, 6.07) is 6.37. The summed E-state index contributed by atoms with van der Waals surface area (Å²) in [6.45, 7) is 8.27. The van der Waals surface area contributed by atoms with E-state index < -0.39 is 10.8 Å². The van der Waals surface area contributed by atoms with Crippen LogP contribution < -0.4 is 5.73 Å². The van der Waals surface area contributed by atoms with Crippen molar-refractivity contribution >= 4 is 10.8 Å². The Morgan fingerprint density at radius 2 is 1.71 bits per heavy atom. The standard InChI is InChI=1S/C14H23NOS/c1-10(2)14(15)9-17(16)8-13-6-11(3)5-12(4)7-13/h5-7,10,14H,8-9,15H2,1-4H3. The molecule has 17 heavy (non-hydrogen) atoms. The second-order valence-corrected chi connectivity index (χ2v) is 6.66. The van der Waals surface area contributed by atoms with Crippen LogP contribution in [0.3, 0.4) is 0 Å². The largest absolute Gasteiger partial charge is 0.327 e. The Morgan fingerprint density at radius 3 is 2.18 bits per heavy atom. The average Bonchev–Trinajstić information content (AvgIpc) is 2.14. The summed E-state index contributed by atoms with van der Waals surface area (Å²) < 4.78 is 12.0. The topological polar surface area (TPSA) is 43.1 Å². The molecule has 1 rings (SSSR count). The molecule has 2 atom stereocenters. The fourth-order valence-electron chi connectivity index (χ4n) is 1.80. The lowest BCUT2D eigenvalue weighted by Crippen LogP contribution is -2.32. The number of benzene rings is 1. The van der Waals surface area contributed by atoms with Crippen molar-refractivity contribution in [2.75, 3.05) is 5.75 Å². The molecule has 2 nitrogen and oxygen atoms in total. The van der Waals surface area contributed by atoms with Crippen molar-refractivity contribution in [3.63, 3.8) is 0 Å². The lowest BCUT2D eigenvalue weighted by Gasteiger charge is -2.15. The van der Waals surface area contributed by atoms with Gasteiger partial charge in [-0.3, -0.25) is 4.21 Å². The van der Waals surface area contributed by atoms with Crippen molar-refractivity contribution in [3.8, 4) is 0 Å². The van der Waals surface area contributed by atoms with E-state index in [1.807, 2.05) is 0 Å². The number of hydrogen-bond acceptors (Lipinski definition) is 2. The van der Waals surface area contributed by atoms with E-state index in [2.05, 4.69) is 45.9 Å². The summed E-state index contributed by atoms with van der Waals surface area (Å²) in [5.74, 6) is 1.59. The molecule has 2 N–H and O–H groups in total. The summed E-state index contributed by atoms with van der Waals surface area (Å²) in [4.78, 5) is 0. The van der Waals surface area contributed by atoms with Gasteiger partial charge in [0.2, 0.25) is 0 Å². The Hall–Kier alpha value is -0.670. The monoisotopic (exact) mass is 253 g/mol. The van der Waals surface area contributed by atoms with Gasteiger partial charge in [0, 0.05) is 28.3 Å². The minimum absolute atomic E-state index is 0.0294. The maximum Gasteiger partial charge on any atom is 0.0486 e. The molecule has 0 aliphatic carbocycles. The van der Waals surface area contributed by atoms with E-state index in [9.17, 15) is 4.21 Å². The smallest absolute Gasteiger partial charge is 0.0486 e. The lowest BCUT2D eigenvalue weighted by atomic mass is 10.1. The number of aryl methyl sites for hydroxylation is 2. The molecule has 0 saturated carbocycles. The van der Waals surface area contributed by atoms with Gasteiger partial charge in [-0.15, -0.1) is 0 Å². The molecular formula is C14H23NOS. The number of nitrogens with two attached hydrogens (primary N) is 1. The molecule has 0 bridgehead atoms. The molecule has 0 amide bonds. The first-order valence-corrected chi connectivity index (χ1v) is 7.55. The summed E-state index contributed by atoms with van der Waals surface area (Å²) in [6.07, 6.45) is 0. The summed E-state index contributed by atoms with van der Waals surface area (Å²) in [5.41, 5.74) is 9.54. The normalized spacial score (nSPS) is 14.9. The molecule has 1 aromatic rings. The molecule has 0 aliphatic heterocycles.